The molecule has 0 spiro atoms. The molecule has 3 saturated carbocycles. The van der Waals surface area contributed by atoms with Gasteiger partial charge in [0, 0.05) is 17.0 Å². The van der Waals surface area contributed by atoms with Crippen molar-refractivity contribution in [3.05, 3.63) is 75.5 Å². The molecule has 1 aromatic heterocycles. The van der Waals surface area contributed by atoms with Crippen LogP contribution >= 0.6 is 23.2 Å². The maximum atomic E-state index is 11.7. The zero-order chi connectivity index (χ0) is 22.6. The lowest BCUT2D eigenvalue weighted by Gasteiger charge is -2.43. The summed E-state index contributed by atoms with van der Waals surface area (Å²) in [7, 11) is 0. The monoisotopic (exact) mass is 483 g/mol. The molecule has 4 atom stereocenters. The van der Waals surface area contributed by atoms with Crippen molar-refractivity contribution < 1.29 is 14.4 Å². The van der Waals surface area contributed by atoms with Crippen molar-refractivity contribution in [3.63, 3.8) is 0 Å². The first-order valence-electron chi connectivity index (χ1n) is 11.9. The summed E-state index contributed by atoms with van der Waals surface area (Å²) >= 11 is 13.0. The van der Waals surface area contributed by atoms with E-state index in [-0.39, 0.29) is 17.9 Å². The van der Waals surface area contributed by atoms with Gasteiger partial charge in [-0.05, 0) is 68.1 Å². The smallest absolute Gasteiger partial charge is 0.145 e. The molecule has 1 heterocycles. The van der Waals surface area contributed by atoms with Crippen LogP contribution in [0.4, 0.5) is 0 Å². The first kappa shape index (κ1) is 21.7. The van der Waals surface area contributed by atoms with E-state index >= 15 is 0 Å². The third-order valence-corrected chi connectivity index (χ3v) is 8.50. The second kappa shape index (κ2) is 8.42. The quantitative estimate of drug-likeness (QED) is 0.405. The number of aromatic nitrogens is 1. The highest BCUT2D eigenvalue weighted by atomic mass is 35.5. The minimum Gasteiger partial charge on any atom is -0.385 e. The predicted molar refractivity (Wildman–Crippen MR) is 128 cm³/mol. The fourth-order valence-corrected chi connectivity index (χ4v) is 6.64. The molecule has 172 valence electrons. The summed E-state index contributed by atoms with van der Waals surface area (Å²) in [6.07, 6.45) is 6.10. The molecule has 2 aromatic carbocycles. The summed E-state index contributed by atoms with van der Waals surface area (Å²) in [5, 5.41) is 17.2. The maximum Gasteiger partial charge on any atom is 0.145 e. The summed E-state index contributed by atoms with van der Waals surface area (Å²) < 4.78 is 12.3. The van der Waals surface area contributed by atoms with Crippen molar-refractivity contribution in [3.8, 4) is 11.3 Å². The van der Waals surface area contributed by atoms with E-state index < -0.39 is 5.60 Å². The molecule has 2 unspecified atom stereocenters. The molecule has 2 bridgehead atoms. The molecule has 0 aliphatic heterocycles. The van der Waals surface area contributed by atoms with Crippen LogP contribution in [-0.2, 0) is 16.9 Å². The van der Waals surface area contributed by atoms with Gasteiger partial charge in [0.15, 0.2) is 0 Å². The Labute approximate surface area is 203 Å². The molecule has 3 aliphatic rings. The Balaban J connectivity index is 1.24. The van der Waals surface area contributed by atoms with E-state index in [1.54, 1.807) is 0 Å². The van der Waals surface area contributed by atoms with Gasteiger partial charge in [0.1, 0.15) is 11.5 Å². The van der Waals surface area contributed by atoms with Crippen LogP contribution in [-0.4, -0.2) is 16.4 Å². The average Bonchev–Trinajstić information content (AvgIpc) is 3.56. The van der Waals surface area contributed by atoms with Gasteiger partial charge in [0.2, 0.25) is 0 Å². The van der Waals surface area contributed by atoms with Crippen LogP contribution in [0, 0.1) is 11.8 Å². The predicted octanol–water partition coefficient (Wildman–Crippen LogP) is 7.12. The molecular weight excluding hydrogens is 457 g/mol. The number of fused-ring (bicyclic) bond motifs is 2. The third kappa shape index (κ3) is 3.72. The van der Waals surface area contributed by atoms with E-state index in [0.29, 0.717) is 33.8 Å². The minimum absolute atomic E-state index is 0.100. The molecule has 6 rings (SSSR count). The van der Waals surface area contributed by atoms with Gasteiger partial charge in [0.25, 0.3) is 0 Å². The van der Waals surface area contributed by atoms with E-state index in [9.17, 15) is 5.11 Å². The first-order chi connectivity index (χ1) is 16.1. The number of hydrogen-bond acceptors (Lipinski definition) is 4. The number of hydrogen-bond donors (Lipinski definition) is 1. The van der Waals surface area contributed by atoms with Crippen molar-refractivity contribution >= 4 is 23.2 Å². The average molecular weight is 484 g/mol. The second-order valence-corrected chi connectivity index (χ2v) is 10.6. The van der Waals surface area contributed by atoms with E-state index in [1.807, 2.05) is 36.4 Å². The Bertz CT molecular complexity index is 1120. The second-order valence-electron chi connectivity index (χ2n) is 9.81. The Hall–Kier alpha value is -1.85. The van der Waals surface area contributed by atoms with Crippen molar-refractivity contribution in [2.24, 2.45) is 11.8 Å². The van der Waals surface area contributed by atoms with Crippen LogP contribution < -0.4 is 0 Å². The molecule has 0 saturated heterocycles. The summed E-state index contributed by atoms with van der Waals surface area (Å²) in [6, 6.07) is 15.6. The van der Waals surface area contributed by atoms with Crippen molar-refractivity contribution in [2.45, 2.75) is 62.8 Å². The van der Waals surface area contributed by atoms with Crippen molar-refractivity contribution in [2.75, 3.05) is 0 Å². The number of halogens is 2. The highest BCUT2D eigenvalue weighted by Crippen LogP contribution is 2.56. The highest BCUT2D eigenvalue weighted by molar-refractivity contribution is 6.39. The number of nitrogens with zero attached hydrogens (tertiary/aromatic N) is 1. The molecule has 3 aliphatic carbocycles. The largest absolute Gasteiger partial charge is 0.385 e. The van der Waals surface area contributed by atoms with E-state index in [1.165, 1.54) is 0 Å². The summed E-state index contributed by atoms with van der Waals surface area (Å²) in [5.41, 5.74) is 2.66. The zero-order valence-electron chi connectivity index (χ0n) is 18.3. The van der Waals surface area contributed by atoms with Gasteiger partial charge < -0.3 is 14.4 Å². The van der Waals surface area contributed by atoms with Crippen LogP contribution in [0.3, 0.4) is 0 Å². The van der Waals surface area contributed by atoms with E-state index in [4.69, 9.17) is 32.5 Å². The van der Waals surface area contributed by atoms with Gasteiger partial charge in [0.05, 0.1) is 28.4 Å². The van der Waals surface area contributed by atoms with Crippen molar-refractivity contribution in [1.82, 2.24) is 5.16 Å². The van der Waals surface area contributed by atoms with Gasteiger partial charge >= 0.3 is 0 Å². The Morgan fingerprint density at radius 1 is 0.939 bits per heavy atom. The van der Waals surface area contributed by atoms with Crippen LogP contribution in [0.1, 0.15) is 61.3 Å². The summed E-state index contributed by atoms with van der Waals surface area (Å²) in [6.45, 7) is 0.417. The Morgan fingerprint density at radius 2 is 1.61 bits per heavy atom. The SMILES string of the molecule is OC1(c2ccccc2)[C@@H]2CC[C@H]1CC(OCc1c(-c3c(Cl)cccc3Cl)noc1C1CC1)C2. The molecule has 3 aromatic rings. The fourth-order valence-electron chi connectivity index (χ4n) is 6.06. The highest BCUT2D eigenvalue weighted by Gasteiger charge is 2.54. The molecule has 4 nitrogen and oxygen atoms in total. The van der Waals surface area contributed by atoms with Crippen LogP contribution in [0.25, 0.3) is 11.3 Å². The lowest BCUT2D eigenvalue weighted by molar-refractivity contribution is -0.116. The minimum atomic E-state index is -0.742. The number of aliphatic hydroxyl groups is 1. The standard InChI is InChI=1S/C27H27Cl2NO3/c28-22-7-4-8-23(29)24(22)25-21(26(33-30-25)16-9-10-16)15-32-20-13-18-11-12-19(14-20)27(18,31)17-5-2-1-3-6-17/h1-8,16,18-20,31H,9-15H2/t18-,19+,20?,27?. The van der Waals surface area contributed by atoms with Crippen LogP contribution in [0.2, 0.25) is 10.0 Å². The molecule has 0 radical (unpaired) electrons. The Kier molecular flexibility index (Phi) is 5.53. The molecule has 1 N–H and O–H groups in total. The van der Waals surface area contributed by atoms with Gasteiger partial charge in [-0.3, -0.25) is 0 Å². The van der Waals surface area contributed by atoms with Gasteiger partial charge in [-0.15, -0.1) is 0 Å². The third-order valence-electron chi connectivity index (χ3n) is 7.87. The summed E-state index contributed by atoms with van der Waals surface area (Å²) in [5.74, 6) is 1.73. The maximum absolute atomic E-state index is 11.7. The van der Waals surface area contributed by atoms with E-state index in [0.717, 1.165) is 55.4 Å². The molecule has 33 heavy (non-hydrogen) atoms. The lowest BCUT2D eigenvalue weighted by atomic mass is 9.69. The zero-order valence-corrected chi connectivity index (χ0v) is 19.9. The van der Waals surface area contributed by atoms with E-state index in [2.05, 4.69) is 17.3 Å². The van der Waals surface area contributed by atoms with Crippen LogP contribution in [0.5, 0.6) is 0 Å². The van der Waals surface area contributed by atoms with Crippen molar-refractivity contribution in [1.29, 1.82) is 0 Å². The Morgan fingerprint density at radius 3 is 2.24 bits per heavy atom. The summed E-state index contributed by atoms with van der Waals surface area (Å²) in [4.78, 5) is 0. The molecular formula is C27H27Cl2NO3. The molecule has 0 amide bonds. The normalized spacial score (nSPS) is 28.9. The number of ether oxygens (including phenoxy) is 1. The topological polar surface area (TPSA) is 55.5 Å². The van der Waals surface area contributed by atoms with Gasteiger partial charge in [-0.2, -0.15) is 0 Å². The van der Waals surface area contributed by atoms with Gasteiger partial charge in [-0.25, -0.2) is 0 Å². The molecule has 3 fully saturated rings. The molecule has 6 heteroatoms. The number of rotatable bonds is 6. The van der Waals surface area contributed by atoms with Gasteiger partial charge in [-0.1, -0.05) is 64.8 Å². The van der Waals surface area contributed by atoms with Crippen LogP contribution in [0.15, 0.2) is 53.1 Å². The lowest BCUT2D eigenvalue weighted by Crippen LogP contribution is -2.44. The number of benzene rings is 2. The fraction of sp³-hybridized carbons (Fsp3) is 0.444. The first-order valence-corrected chi connectivity index (χ1v) is 12.6.